The monoisotopic (exact) mass is 357 g/mol. The van der Waals surface area contributed by atoms with Gasteiger partial charge in [-0.3, -0.25) is 9.59 Å². The first-order chi connectivity index (χ1) is 12.6. The summed E-state index contributed by atoms with van der Waals surface area (Å²) in [7, 11) is 0. The average molecular weight is 357 g/mol. The van der Waals surface area contributed by atoms with Gasteiger partial charge in [-0.25, -0.2) is 14.0 Å². The summed E-state index contributed by atoms with van der Waals surface area (Å²) in [5, 5.41) is 0. The maximum Gasteiger partial charge on any atom is 0.364 e. The molecule has 0 unspecified atom stereocenters. The standard InChI is InChI=1S/C18H23N5O3/c24-16(8-13-23-18(26)19-15-7-1-2-12-22(15)23)21-11-5-6-14(21)17(25)20-9-3-4-10-20/h1-2,7,12,14H,3-6,8-11,13H2/t14-/m0/s1. The average Bonchev–Trinajstić information content (AvgIpc) is 3.38. The van der Waals surface area contributed by atoms with Gasteiger partial charge in [0.25, 0.3) is 0 Å². The summed E-state index contributed by atoms with van der Waals surface area (Å²) in [5.41, 5.74) is 0.198. The first kappa shape index (κ1) is 16.8. The van der Waals surface area contributed by atoms with Gasteiger partial charge in [-0.1, -0.05) is 6.07 Å². The number of aryl methyl sites for hydroxylation is 1. The molecule has 2 aliphatic rings. The maximum absolute atomic E-state index is 12.7. The molecular formula is C18H23N5O3. The summed E-state index contributed by atoms with van der Waals surface area (Å²) < 4.78 is 3.12. The number of aromatic nitrogens is 3. The third kappa shape index (κ3) is 3.00. The van der Waals surface area contributed by atoms with Crippen molar-refractivity contribution in [3.05, 3.63) is 34.9 Å². The third-order valence-electron chi connectivity index (χ3n) is 5.32. The number of carbonyl (C=O) groups excluding carboxylic acids is 2. The van der Waals surface area contributed by atoms with E-state index >= 15 is 0 Å². The van der Waals surface area contributed by atoms with Crippen molar-refractivity contribution in [3.63, 3.8) is 0 Å². The van der Waals surface area contributed by atoms with Gasteiger partial charge in [0.1, 0.15) is 6.04 Å². The van der Waals surface area contributed by atoms with Gasteiger partial charge in [-0.05, 0) is 37.8 Å². The van der Waals surface area contributed by atoms with Crippen LogP contribution in [0.3, 0.4) is 0 Å². The smallest absolute Gasteiger partial charge is 0.341 e. The highest BCUT2D eigenvalue weighted by molar-refractivity contribution is 5.88. The van der Waals surface area contributed by atoms with Crippen molar-refractivity contribution in [2.45, 2.75) is 44.7 Å². The van der Waals surface area contributed by atoms with Crippen LogP contribution in [0.1, 0.15) is 32.1 Å². The van der Waals surface area contributed by atoms with E-state index in [4.69, 9.17) is 0 Å². The van der Waals surface area contributed by atoms with Gasteiger partial charge in [-0.2, -0.15) is 4.98 Å². The van der Waals surface area contributed by atoms with Gasteiger partial charge in [0.15, 0.2) is 5.65 Å². The summed E-state index contributed by atoms with van der Waals surface area (Å²) in [6, 6.07) is 5.05. The SMILES string of the molecule is O=C([C@@H]1CCCN1C(=O)CCn1c(=O)nc2ccccn21)N1CCCC1. The summed E-state index contributed by atoms with van der Waals surface area (Å²) >= 11 is 0. The molecule has 2 aromatic heterocycles. The van der Waals surface area contributed by atoms with Crippen LogP contribution in [0.4, 0.5) is 0 Å². The van der Waals surface area contributed by atoms with Gasteiger partial charge in [0.2, 0.25) is 11.8 Å². The van der Waals surface area contributed by atoms with Crippen molar-refractivity contribution < 1.29 is 9.59 Å². The van der Waals surface area contributed by atoms with E-state index in [0.29, 0.717) is 12.2 Å². The summed E-state index contributed by atoms with van der Waals surface area (Å²) in [6.07, 6.45) is 5.62. The number of pyridine rings is 1. The van der Waals surface area contributed by atoms with E-state index in [1.54, 1.807) is 21.7 Å². The van der Waals surface area contributed by atoms with E-state index < -0.39 is 0 Å². The second-order valence-electron chi connectivity index (χ2n) is 6.95. The first-order valence-electron chi connectivity index (χ1n) is 9.27. The molecule has 2 fully saturated rings. The molecule has 2 amide bonds. The maximum atomic E-state index is 12.7. The summed E-state index contributed by atoms with van der Waals surface area (Å²) in [6.45, 7) is 2.47. The zero-order valence-electron chi connectivity index (χ0n) is 14.7. The molecule has 2 aromatic rings. The van der Waals surface area contributed by atoms with Crippen LogP contribution in [0.2, 0.25) is 0 Å². The molecule has 4 heterocycles. The number of hydrogen-bond acceptors (Lipinski definition) is 4. The Hall–Kier alpha value is -2.64. The van der Waals surface area contributed by atoms with Crippen molar-refractivity contribution in [2.75, 3.05) is 19.6 Å². The second-order valence-corrected chi connectivity index (χ2v) is 6.95. The fraction of sp³-hybridized carbons (Fsp3) is 0.556. The first-order valence-corrected chi connectivity index (χ1v) is 9.27. The molecule has 8 nitrogen and oxygen atoms in total. The third-order valence-corrected chi connectivity index (χ3v) is 5.32. The van der Waals surface area contributed by atoms with Crippen LogP contribution in [-0.4, -0.2) is 61.5 Å². The molecule has 2 aliphatic heterocycles. The van der Waals surface area contributed by atoms with Crippen molar-refractivity contribution in [1.82, 2.24) is 24.0 Å². The number of hydrogen-bond donors (Lipinski definition) is 0. The highest BCUT2D eigenvalue weighted by Crippen LogP contribution is 2.22. The lowest BCUT2D eigenvalue weighted by Crippen LogP contribution is -2.47. The molecule has 0 saturated carbocycles. The van der Waals surface area contributed by atoms with E-state index in [-0.39, 0.29) is 36.5 Å². The van der Waals surface area contributed by atoms with Crippen molar-refractivity contribution in [1.29, 1.82) is 0 Å². The van der Waals surface area contributed by atoms with Gasteiger partial charge in [-0.15, -0.1) is 0 Å². The van der Waals surface area contributed by atoms with Gasteiger partial charge < -0.3 is 9.80 Å². The van der Waals surface area contributed by atoms with Gasteiger partial charge in [0, 0.05) is 32.3 Å². The lowest BCUT2D eigenvalue weighted by Gasteiger charge is -2.27. The Morgan fingerprint density at radius 3 is 2.73 bits per heavy atom. The molecule has 0 radical (unpaired) electrons. The molecule has 138 valence electrons. The molecule has 0 bridgehead atoms. The quantitative estimate of drug-likeness (QED) is 0.798. The van der Waals surface area contributed by atoms with E-state index in [9.17, 15) is 14.4 Å². The van der Waals surface area contributed by atoms with Crippen molar-refractivity contribution in [2.24, 2.45) is 0 Å². The van der Waals surface area contributed by atoms with E-state index in [1.165, 1.54) is 4.68 Å². The minimum atomic E-state index is -0.366. The molecule has 8 heteroatoms. The zero-order valence-corrected chi connectivity index (χ0v) is 14.7. The largest absolute Gasteiger partial charge is 0.364 e. The van der Waals surface area contributed by atoms with E-state index in [1.807, 2.05) is 17.0 Å². The Bertz CT molecular complexity index is 880. The Balaban J connectivity index is 1.44. The number of carbonyl (C=O) groups is 2. The lowest BCUT2D eigenvalue weighted by molar-refractivity contribution is -0.143. The molecule has 1 atom stereocenters. The van der Waals surface area contributed by atoms with E-state index in [0.717, 1.165) is 38.8 Å². The minimum absolute atomic E-state index is 0.0715. The molecule has 0 aliphatic carbocycles. The van der Waals surface area contributed by atoms with Crippen molar-refractivity contribution in [3.8, 4) is 0 Å². The van der Waals surface area contributed by atoms with Crippen LogP contribution >= 0.6 is 0 Å². The fourth-order valence-corrected chi connectivity index (χ4v) is 3.98. The number of amides is 2. The number of fused-ring (bicyclic) bond motifs is 1. The molecule has 0 aromatic carbocycles. The number of rotatable bonds is 4. The predicted molar refractivity (Wildman–Crippen MR) is 94.6 cm³/mol. The normalized spacial score (nSPS) is 20.2. The topological polar surface area (TPSA) is 79.9 Å². The number of likely N-dealkylation sites (tertiary alicyclic amines) is 2. The predicted octanol–water partition coefficient (Wildman–Crippen LogP) is 0.499. The van der Waals surface area contributed by atoms with Crippen LogP contribution in [0.5, 0.6) is 0 Å². The molecular weight excluding hydrogens is 334 g/mol. The number of nitrogens with zero attached hydrogens (tertiary/aromatic N) is 5. The Labute approximate surface area is 151 Å². The summed E-state index contributed by atoms with van der Waals surface area (Å²) in [4.78, 5) is 45.0. The molecule has 0 spiro atoms. The highest BCUT2D eigenvalue weighted by Gasteiger charge is 2.36. The Morgan fingerprint density at radius 1 is 1.12 bits per heavy atom. The Kier molecular flexibility index (Phi) is 4.48. The summed E-state index contributed by atoms with van der Waals surface area (Å²) in [5.74, 6) is 0.0122. The van der Waals surface area contributed by atoms with Crippen LogP contribution in [0.25, 0.3) is 5.65 Å². The lowest BCUT2D eigenvalue weighted by atomic mass is 10.2. The molecule has 26 heavy (non-hydrogen) atoms. The molecule has 0 N–H and O–H groups in total. The highest BCUT2D eigenvalue weighted by atomic mass is 16.2. The van der Waals surface area contributed by atoms with Crippen LogP contribution in [-0.2, 0) is 16.1 Å². The Morgan fingerprint density at radius 2 is 1.92 bits per heavy atom. The molecule has 2 saturated heterocycles. The van der Waals surface area contributed by atoms with Gasteiger partial charge in [0.05, 0.1) is 6.54 Å². The minimum Gasteiger partial charge on any atom is -0.341 e. The van der Waals surface area contributed by atoms with Gasteiger partial charge >= 0.3 is 5.69 Å². The molecule has 4 rings (SSSR count). The van der Waals surface area contributed by atoms with Crippen LogP contribution < -0.4 is 5.69 Å². The van der Waals surface area contributed by atoms with E-state index in [2.05, 4.69) is 4.98 Å². The fourth-order valence-electron chi connectivity index (χ4n) is 3.98. The van der Waals surface area contributed by atoms with Crippen LogP contribution in [0.15, 0.2) is 29.2 Å². The second kappa shape index (κ2) is 6.93. The van der Waals surface area contributed by atoms with Crippen LogP contribution in [0, 0.1) is 0 Å². The zero-order chi connectivity index (χ0) is 18.1. The van der Waals surface area contributed by atoms with Crippen molar-refractivity contribution >= 4 is 17.5 Å².